The van der Waals surface area contributed by atoms with Crippen LogP contribution in [0.4, 0.5) is 0 Å². The van der Waals surface area contributed by atoms with Gasteiger partial charge in [-0.1, -0.05) is 44.7 Å². The fourth-order valence-corrected chi connectivity index (χ4v) is 2.89. The number of rotatable bonds is 2. The zero-order valence-electron chi connectivity index (χ0n) is 10.8. The molecule has 1 nitrogen and oxygen atoms in total. The van der Waals surface area contributed by atoms with Crippen LogP contribution in [0.2, 0.25) is 0 Å². The molecular formula is C15H16BrNS. The number of aromatic nitrogens is 1. The molecule has 3 heteroatoms. The number of pyridine rings is 1. The third-order valence-electron chi connectivity index (χ3n) is 2.68. The second-order valence-corrected chi connectivity index (χ2v) is 7.15. The Labute approximate surface area is 121 Å². The van der Waals surface area contributed by atoms with E-state index in [9.17, 15) is 0 Å². The summed E-state index contributed by atoms with van der Waals surface area (Å²) in [7, 11) is 0. The van der Waals surface area contributed by atoms with Crippen LogP contribution < -0.4 is 0 Å². The van der Waals surface area contributed by atoms with Crippen molar-refractivity contribution in [3.63, 3.8) is 0 Å². The Hall–Kier alpha value is -0.800. The summed E-state index contributed by atoms with van der Waals surface area (Å²) >= 11 is 5.26. The summed E-state index contributed by atoms with van der Waals surface area (Å²) in [4.78, 5) is 6.51. The number of benzene rings is 1. The molecule has 1 heterocycles. The highest BCUT2D eigenvalue weighted by Gasteiger charge is 2.13. The van der Waals surface area contributed by atoms with Crippen LogP contribution in [0.1, 0.15) is 26.3 Å². The van der Waals surface area contributed by atoms with E-state index in [1.54, 1.807) is 11.8 Å². The molecule has 0 atom stereocenters. The monoisotopic (exact) mass is 321 g/mol. The maximum absolute atomic E-state index is 4.07. The SMILES string of the molecule is CC(C)(C)c1ccc(Sc2ccncc2Br)cc1. The van der Waals surface area contributed by atoms with Gasteiger partial charge in [0.25, 0.3) is 0 Å². The second kappa shape index (κ2) is 5.45. The van der Waals surface area contributed by atoms with E-state index in [1.165, 1.54) is 15.4 Å². The van der Waals surface area contributed by atoms with Crippen LogP contribution in [0.3, 0.4) is 0 Å². The Balaban J connectivity index is 2.19. The van der Waals surface area contributed by atoms with Gasteiger partial charge in [-0.2, -0.15) is 0 Å². The molecule has 0 spiro atoms. The lowest BCUT2D eigenvalue weighted by molar-refractivity contribution is 0.590. The molecular weight excluding hydrogens is 306 g/mol. The summed E-state index contributed by atoms with van der Waals surface area (Å²) in [5.74, 6) is 0. The molecule has 18 heavy (non-hydrogen) atoms. The molecule has 0 unspecified atom stereocenters. The lowest BCUT2D eigenvalue weighted by Gasteiger charge is -2.19. The van der Waals surface area contributed by atoms with Gasteiger partial charge in [0.2, 0.25) is 0 Å². The molecule has 0 fully saturated rings. The number of nitrogens with zero attached hydrogens (tertiary/aromatic N) is 1. The average Bonchev–Trinajstić information content (AvgIpc) is 2.32. The Bertz CT molecular complexity index is 529. The summed E-state index contributed by atoms with van der Waals surface area (Å²) in [5, 5.41) is 0. The van der Waals surface area contributed by atoms with E-state index < -0.39 is 0 Å². The lowest BCUT2D eigenvalue weighted by atomic mass is 9.87. The minimum absolute atomic E-state index is 0.209. The largest absolute Gasteiger partial charge is 0.263 e. The van der Waals surface area contributed by atoms with Crippen LogP contribution in [0.15, 0.2) is 57.0 Å². The molecule has 0 saturated heterocycles. The van der Waals surface area contributed by atoms with Crippen LogP contribution in [-0.4, -0.2) is 4.98 Å². The number of hydrogen-bond donors (Lipinski definition) is 0. The molecule has 1 aromatic carbocycles. The molecule has 0 N–H and O–H groups in total. The zero-order valence-corrected chi connectivity index (χ0v) is 13.2. The predicted octanol–water partition coefficient (Wildman–Crippen LogP) is 5.29. The third-order valence-corrected chi connectivity index (χ3v) is 4.66. The summed E-state index contributed by atoms with van der Waals surface area (Å²) in [5.41, 5.74) is 1.57. The molecule has 0 radical (unpaired) electrons. The van der Waals surface area contributed by atoms with Crippen LogP contribution in [0.25, 0.3) is 0 Å². The predicted molar refractivity (Wildman–Crippen MR) is 81.2 cm³/mol. The Kier molecular flexibility index (Phi) is 4.13. The van der Waals surface area contributed by atoms with Crippen LogP contribution in [-0.2, 0) is 5.41 Å². The first-order valence-corrected chi connectivity index (χ1v) is 7.46. The summed E-state index contributed by atoms with van der Waals surface area (Å²) in [6.07, 6.45) is 3.64. The first-order valence-electron chi connectivity index (χ1n) is 5.85. The Morgan fingerprint density at radius 3 is 2.28 bits per heavy atom. The van der Waals surface area contributed by atoms with Crippen molar-refractivity contribution in [2.24, 2.45) is 0 Å². The lowest BCUT2D eigenvalue weighted by Crippen LogP contribution is -2.10. The summed E-state index contributed by atoms with van der Waals surface area (Å²) in [6.45, 7) is 6.69. The average molecular weight is 322 g/mol. The van der Waals surface area contributed by atoms with Crippen LogP contribution in [0.5, 0.6) is 0 Å². The molecule has 2 aromatic rings. The smallest absolute Gasteiger partial charge is 0.0498 e. The highest BCUT2D eigenvalue weighted by Crippen LogP contribution is 2.33. The van der Waals surface area contributed by atoms with Crippen molar-refractivity contribution in [3.8, 4) is 0 Å². The molecule has 0 amide bonds. The van der Waals surface area contributed by atoms with Crippen LogP contribution in [0, 0.1) is 0 Å². The molecule has 0 saturated carbocycles. The molecule has 0 aliphatic rings. The van der Waals surface area contributed by atoms with Gasteiger partial charge in [-0.3, -0.25) is 4.98 Å². The topological polar surface area (TPSA) is 12.9 Å². The number of halogens is 1. The van der Waals surface area contributed by atoms with Crippen molar-refractivity contribution < 1.29 is 0 Å². The molecule has 0 aliphatic carbocycles. The van der Waals surface area contributed by atoms with Gasteiger partial charge in [0.15, 0.2) is 0 Å². The van der Waals surface area contributed by atoms with Gasteiger partial charge in [-0.15, -0.1) is 0 Å². The molecule has 0 bridgehead atoms. The fourth-order valence-electron chi connectivity index (χ4n) is 1.60. The minimum atomic E-state index is 0.209. The van der Waals surface area contributed by atoms with Gasteiger partial charge < -0.3 is 0 Å². The summed E-state index contributed by atoms with van der Waals surface area (Å²) in [6, 6.07) is 10.8. The molecule has 94 valence electrons. The highest BCUT2D eigenvalue weighted by molar-refractivity contribution is 9.10. The van der Waals surface area contributed by atoms with Crippen molar-refractivity contribution in [1.82, 2.24) is 4.98 Å². The quantitative estimate of drug-likeness (QED) is 0.745. The maximum Gasteiger partial charge on any atom is 0.0498 e. The molecule has 2 rings (SSSR count). The van der Waals surface area contributed by atoms with Crippen molar-refractivity contribution >= 4 is 27.7 Å². The minimum Gasteiger partial charge on any atom is -0.263 e. The first-order chi connectivity index (χ1) is 8.47. The van der Waals surface area contributed by atoms with E-state index in [1.807, 2.05) is 18.5 Å². The fraction of sp³-hybridized carbons (Fsp3) is 0.267. The highest BCUT2D eigenvalue weighted by atomic mass is 79.9. The van der Waals surface area contributed by atoms with E-state index >= 15 is 0 Å². The Morgan fingerprint density at radius 1 is 1.06 bits per heavy atom. The third kappa shape index (κ3) is 3.36. The van der Waals surface area contributed by atoms with E-state index in [2.05, 4.69) is 66.0 Å². The van der Waals surface area contributed by atoms with Gasteiger partial charge in [-0.25, -0.2) is 0 Å². The molecule has 1 aromatic heterocycles. The van der Waals surface area contributed by atoms with Gasteiger partial charge in [-0.05, 0) is 45.1 Å². The van der Waals surface area contributed by atoms with E-state index in [0.29, 0.717) is 0 Å². The van der Waals surface area contributed by atoms with Crippen molar-refractivity contribution in [3.05, 3.63) is 52.8 Å². The van der Waals surface area contributed by atoms with E-state index in [0.717, 1.165) is 4.47 Å². The Morgan fingerprint density at radius 2 is 1.72 bits per heavy atom. The maximum atomic E-state index is 4.07. The van der Waals surface area contributed by atoms with Gasteiger partial charge in [0.05, 0.1) is 0 Å². The standard InChI is InChI=1S/C15H16BrNS/c1-15(2,3)11-4-6-12(7-5-11)18-14-8-9-17-10-13(14)16/h4-10H,1-3H3. The zero-order chi connectivity index (χ0) is 13.2. The summed E-state index contributed by atoms with van der Waals surface area (Å²) < 4.78 is 1.04. The normalized spacial score (nSPS) is 11.6. The van der Waals surface area contributed by atoms with E-state index in [-0.39, 0.29) is 5.41 Å². The van der Waals surface area contributed by atoms with Crippen molar-refractivity contribution in [2.45, 2.75) is 36.0 Å². The van der Waals surface area contributed by atoms with Gasteiger partial charge in [0.1, 0.15) is 0 Å². The van der Waals surface area contributed by atoms with Crippen molar-refractivity contribution in [2.75, 3.05) is 0 Å². The van der Waals surface area contributed by atoms with E-state index in [4.69, 9.17) is 0 Å². The second-order valence-electron chi connectivity index (χ2n) is 5.18. The van der Waals surface area contributed by atoms with Gasteiger partial charge >= 0.3 is 0 Å². The van der Waals surface area contributed by atoms with Crippen molar-refractivity contribution in [1.29, 1.82) is 0 Å². The van der Waals surface area contributed by atoms with Gasteiger partial charge in [0, 0.05) is 26.7 Å². The number of hydrogen-bond acceptors (Lipinski definition) is 2. The van der Waals surface area contributed by atoms with Crippen LogP contribution >= 0.6 is 27.7 Å². The molecule has 0 aliphatic heterocycles. The first kappa shape index (κ1) is 13.6.